The lowest BCUT2D eigenvalue weighted by Gasteiger charge is -2.17. The maximum atomic E-state index is 11.0. The number of phenols is 1. The lowest BCUT2D eigenvalue weighted by Crippen LogP contribution is -2.19. The number of aromatic hydroxyl groups is 1. The highest BCUT2D eigenvalue weighted by Crippen LogP contribution is 2.20. The van der Waals surface area contributed by atoms with Gasteiger partial charge in [-0.15, -0.1) is 11.8 Å². The lowest BCUT2D eigenvalue weighted by atomic mass is 10.1. The molecule has 0 radical (unpaired) electrons. The zero-order valence-electron chi connectivity index (χ0n) is 13.1. The van der Waals surface area contributed by atoms with Gasteiger partial charge < -0.3 is 15.1 Å². The normalized spacial score (nSPS) is 10.9. The van der Waals surface area contributed by atoms with E-state index in [2.05, 4.69) is 17.0 Å². The predicted octanol–water partition coefficient (Wildman–Crippen LogP) is 3.70. The van der Waals surface area contributed by atoms with E-state index >= 15 is 0 Å². The first-order valence-electron chi connectivity index (χ1n) is 7.48. The highest BCUT2D eigenvalue weighted by molar-refractivity contribution is 7.99. The molecule has 2 aromatic carbocycles. The van der Waals surface area contributed by atoms with Crippen molar-refractivity contribution in [3.05, 3.63) is 59.7 Å². The summed E-state index contributed by atoms with van der Waals surface area (Å²) in [6.45, 7) is 1.60. The molecule has 0 aromatic heterocycles. The number of aromatic carboxylic acids is 1. The molecule has 5 heteroatoms. The minimum absolute atomic E-state index is 0.0458. The fourth-order valence-corrected chi connectivity index (χ4v) is 3.14. The average Bonchev–Trinajstić information content (AvgIpc) is 2.54. The summed E-state index contributed by atoms with van der Waals surface area (Å²) in [5.41, 5.74) is 0.842. The fraction of sp³-hybridized carbons (Fsp3) is 0.278. The summed E-state index contributed by atoms with van der Waals surface area (Å²) in [5.74, 6) is -0.251. The standard InChI is InChI=1S/C18H21NO3S/c1-19(10-5-11-23-15-6-3-2-4-7-15)13-14-8-9-17(20)16(12-14)18(21)22/h2-4,6-9,12,20H,5,10-11,13H2,1H3,(H,21,22). The molecule has 0 unspecified atom stereocenters. The summed E-state index contributed by atoms with van der Waals surface area (Å²) in [5, 5.41) is 18.6. The van der Waals surface area contributed by atoms with Crippen LogP contribution in [0.4, 0.5) is 0 Å². The van der Waals surface area contributed by atoms with Crippen LogP contribution in [0.1, 0.15) is 22.3 Å². The van der Waals surface area contributed by atoms with Crippen molar-refractivity contribution in [1.82, 2.24) is 4.90 Å². The van der Waals surface area contributed by atoms with Crippen LogP contribution in [-0.2, 0) is 6.54 Å². The molecule has 4 nitrogen and oxygen atoms in total. The number of thioether (sulfide) groups is 1. The summed E-state index contributed by atoms with van der Waals surface area (Å²) in [6, 6.07) is 15.1. The van der Waals surface area contributed by atoms with Crippen LogP contribution in [0.2, 0.25) is 0 Å². The molecular formula is C18H21NO3S. The molecule has 0 atom stereocenters. The van der Waals surface area contributed by atoms with Gasteiger partial charge in [0.25, 0.3) is 0 Å². The van der Waals surface area contributed by atoms with Gasteiger partial charge in [-0.3, -0.25) is 0 Å². The molecule has 2 N–H and O–H groups in total. The minimum Gasteiger partial charge on any atom is -0.507 e. The first-order valence-corrected chi connectivity index (χ1v) is 8.46. The number of hydrogen-bond donors (Lipinski definition) is 2. The van der Waals surface area contributed by atoms with E-state index in [0.717, 1.165) is 24.3 Å². The molecule has 0 aliphatic carbocycles. The van der Waals surface area contributed by atoms with Gasteiger partial charge in [0, 0.05) is 11.4 Å². The Kier molecular flexibility index (Phi) is 6.50. The second kappa shape index (κ2) is 8.60. The molecule has 0 aliphatic heterocycles. The van der Waals surface area contributed by atoms with Crippen LogP contribution in [0.5, 0.6) is 5.75 Å². The van der Waals surface area contributed by atoms with E-state index in [0.29, 0.717) is 6.54 Å². The largest absolute Gasteiger partial charge is 0.507 e. The molecule has 0 spiro atoms. The Labute approximate surface area is 140 Å². The number of carboxylic acid groups (broad SMARTS) is 1. The summed E-state index contributed by atoms with van der Waals surface area (Å²) in [4.78, 5) is 14.5. The second-order valence-corrected chi connectivity index (χ2v) is 6.58. The SMILES string of the molecule is CN(CCCSc1ccccc1)Cc1ccc(O)c(C(=O)O)c1. The van der Waals surface area contributed by atoms with Crippen LogP contribution in [0, 0.1) is 0 Å². The van der Waals surface area contributed by atoms with Crippen molar-refractivity contribution < 1.29 is 15.0 Å². The topological polar surface area (TPSA) is 60.8 Å². The van der Waals surface area contributed by atoms with Crippen LogP contribution in [0.25, 0.3) is 0 Å². The lowest BCUT2D eigenvalue weighted by molar-refractivity contribution is 0.0693. The molecule has 0 aliphatic rings. The van der Waals surface area contributed by atoms with Gasteiger partial charge in [-0.1, -0.05) is 24.3 Å². The third kappa shape index (κ3) is 5.62. The van der Waals surface area contributed by atoms with Crippen molar-refractivity contribution in [2.75, 3.05) is 19.3 Å². The van der Waals surface area contributed by atoms with Gasteiger partial charge in [0.15, 0.2) is 0 Å². The van der Waals surface area contributed by atoms with Crippen molar-refractivity contribution in [3.8, 4) is 5.75 Å². The second-order valence-electron chi connectivity index (χ2n) is 5.41. The Balaban J connectivity index is 1.77. The van der Waals surface area contributed by atoms with Crippen LogP contribution in [0.3, 0.4) is 0 Å². The van der Waals surface area contributed by atoms with Crippen LogP contribution < -0.4 is 0 Å². The van der Waals surface area contributed by atoms with Gasteiger partial charge in [0.1, 0.15) is 11.3 Å². The number of benzene rings is 2. The van der Waals surface area contributed by atoms with Crippen LogP contribution in [0.15, 0.2) is 53.4 Å². The molecule has 0 bridgehead atoms. The molecule has 0 fully saturated rings. The van der Waals surface area contributed by atoms with E-state index in [1.807, 2.05) is 37.0 Å². The fourth-order valence-electron chi connectivity index (χ4n) is 2.28. The first kappa shape index (κ1) is 17.4. The zero-order valence-corrected chi connectivity index (χ0v) is 13.9. The smallest absolute Gasteiger partial charge is 0.339 e. The van der Waals surface area contributed by atoms with Crippen molar-refractivity contribution in [2.24, 2.45) is 0 Å². The van der Waals surface area contributed by atoms with Gasteiger partial charge in [-0.05, 0) is 55.6 Å². The Morgan fingerprint density at radius 3 is 2.61 bits per heavy atom. The highest BCUT2D eigenvalue weighted by atomic mass is 32.2. The molecule has 0 saturated heterocycles. The number of rotatable bonds is 8. The number of carboxylic acids is 1. The van der Waals surface area contributed by atoms with Gasteiger partial charge in [0.05, 0.1) is 0 Å². The maximum absolute atomic E-state index is 11.0. The Bertz CT molecular complexity index is 646. The van der Waals surface area contributed by atoms with E-state index in [1.165, 1.54) is 17.0 Å². The Morgan fingerprint density at radius 1 is 1.17 bits per heavy atom. The van der Waals surface area contributed by atoms with E-state index in [4.69, 9.17) is 5.11 Å². The number of nitrogens with zero attached hydrogens (tertiary/aromatic N) is 1. The van der Waals surface area contributed by atoms with Gasteiger partial charge >= 0.3 is 5.97 Å². The summed E-state index contributed by atoms with van der Waals surface area (Å²) < 4.78 is 0. The third-order valence-corrected chi connectivity index (χ3v) is 4.54. The van der Waals surface area contributed by atoms with Crippen molar-refractivity contribution in [2.45, 2.75) is 17.9 Å². The molecule has 0 amide bonds. The summed E-state index contributed by atoms with van der Waals surface area (Å²) in [6.07, 6.45) is 1.06. The van der Waals surface area contributed by atoms with E-state index in [-0.39, 0.29) is 11.3 Å². The highest BCUT2D eigenvalue weighted by Gasteiger charge is 2.11. The molecule has 2 aromatic rings. The van der Waals surface area contributed by atoms with Crippen molar-refractivity contribution >= 4 is 17.7 Å². The van der Waals surface area contributed by atoms with E-state index in [1.54, 1.807) is 6.07 Å². The Morgan fingerprint density at radius 2 is 1.91 bits per heavy atom. The monoisotopic (exact) mass is 331 g/mol. The van der Waals surface area contributed by atoms with Crippen molar-refractivity contribution in [1.29, 1.82) is 0 Å². The van der Waals surface area contributed by atoms with Crippen molar-refractivity contribution in [3.63, 3.8) is 0 Å². The molecule has 0 saturated carbocycles. The molecule has 122 valence electrons. The van der Waals surface area contributed by atoms with E-state index < -0.39 is 5.97 Å². The molecule has 23 heavy (non-hydrogen) atoms. The average molecular weight is 331 g/mol. The molecular weight excluding hydrogens is 310 g/mol. The van der Waals surface area contributed by atoms with Gasteiger partial charge in [-0.25, -0.2) is 4.79 Å². The van der Waals surface area contributed by atoms with Gasteiger partial charge in [0.2, 0.25) is 0 Å². The minimum atomic E-state index is -1.11. The molecule has 2 rings (SSSR count). The number of hydrogen-bond acceptors (Lipinski definition) is 4. The Hall–Kier alpha value is -1.98. The predicted molar refractivity (Wildman–Crippen MR) is 93.2 cm³/mol. The summed E-state index contributed by atoms with van der Waals surface area (Å²) >= 11 is 1.84. The first-order chi connectivity index (χ1) is 11.1. The quantitative estimate of drug-likeness (QED) is 0.570. The summed E-state index contributed by atoms with van der Waals surface area (Å²) in [7, 11) is 2.01. The van der Waals surface area contributed by atoms with Gasteiger partial charge in [-0.2, -0.15) is 0 Å². The zero-order chi connectivity index (χ0) is 16.7. The van der Waals surface area contributed by atoms with Crippen LogP contribution >= 0.6 is 11.8 Å². The number of carbonyl (C=O) groups is 1. The third-order valence-electron chi connectivity index (χ3n) is 3.44. The van der Waals surface area contributed by atoms with E-state index in [9.17, 15) is 9.90 Å². The maximum Gasteiger partial charge on any atom is 0.339 e. The molecule has 0 heterocycles. The van der Waals surface area contributed by atoms with Crippen LogP contribution in [-0.4, -0.2) is 40.4 Å².